The third-order valence-corrected chi connectivity index (χ3v) is 3.10. The topological polar surface area (TPSA) is 47.7 Å². The molecule has 0 saturated carbocycles. The zero-order valence-corrected chi connectivity index (χ0v) is 10.3. The fourth-order valence-electron chi connectivity index (χ4n) is 2.18. The Labute approximate surface area is 102 Å². The Balaban J connectivity index is 1.83. The first kappa shape index (κ1) is 12.2. The molecule has 0 saturated heterocycles. The smallest absolute Gasteiger partial charge is 0.0701 e. The average Bonchev–Trinajstić information content (AvgIpc) is 2.74. The van der Waals surface area contributed by atoms with Gasteiger partial charge in [-0.3, -0.25) is 0 Å². The van der Waals surface area contributed by atoms with Crippen molar-refractivity contribution < 1.29 is 9.47 Å². The van der Waals surface area contributed by atoms with Crippen LogP contribution in [0.3, 0.4) is 0 Å². The molecule has 0 unspecified atom stereocenters. The average molecular weight is 236 g/mol. The molecule has 0 aromatic heterocycles. The van der Waals surface area contributed by atoms with Crippen molar-refractivity contribution in [2.75, 3.05) is 50.7 Å². The maximum Gasteiger partial charge on any atom is 0.0701 e. The predicted molar refractivity (Wildman–Crippen MR) is 69.5 cm³/mol. The van der Waals surface area contributed by atoms with Gasteiger partial charge in [-0.2, -0.15) is 0 Å². The minimum absolute atomic E-state index is 0.656. The van der Waals surface area contributed by atoms with Crippen LogP contribution in [0.25, 0.3) is 0 Å². The number of anilines is 2. The summed E-state index contributed by atoms with van der Waals surface area (Å²) in [5.74, 6) is 0. The minimum atomic E-state index is 0.656. The Morgan fingerprint density at radius 2 is 2.18 bits per heavy atom. The van der Waals surface area contributed by atoms with Gasteiger partial charge in [-0.25, -0.2) is 0 Å². The van der Waals surface area contributed by atoms with Crippen LogP contribution < -0.4 is 10.6 Å². The molecule has 1 aromatic carbocycles. The van der Waals surface area contributed by atoms with Gasteiger partial charge in [-0.05, 0) is 18.6 Å². The van der Waals surface area contributed by atoms with Crippen LogP contribution in [0, 0.1) is 0 Å². The van der Waals surface area contributed by atoms with Gasteiger partial charge in [0.2, 0.25) is 0 Å². The second kappa shape index (κ2) is 5.89. The number of hydrogen-bond acceptors (Lipinski definition) is 4. The molecule has 2 N–H and O–H groups in total. The number of nitrogens with zero attached hydrogens (tertiary/aromatic N) is 1. The zero-order chi connectivity index (χ0) is 12.1. The highest BCUT2D eigenvalue weighted by molar-refractivity contribution is 5.68. The van der Waals surface area contributed by atoms with E-state index in [1.807, 2.05) is 12.1 Å². The van der Waals surface area contributed by atoms with Crippen LogP contribution in [-0.4, -0.2) is 40.0 Å². The monoisotopic (exact) mass is 236 g/mol. The van der Waals surface area contributed by atoms with E-state index < -0.39 is 0 Å². The van der Waals surface area contributed by atoms with E-state index in [-0.39, 0.29) is 0 Å². The van der Waals surface area contributed by atoms with E-state index in [9.17, 15) is 0 Å². The standard InChI is InChI=1S/C13H20N2O2/c1-16-9-10-17-8-7-15-6-5-11-12(14)3-2-4-13(11)15/h2-4H,5-10,14H2,1H3. The van der Waals surface area contributed by atoms with E-state index >= 15 is 0 Å². The van der Waals surface area contributed by atoms with Crippen LogP contribution >= 0.6 is 0 Å². The molecule has 0 radical (unpaired) electrons. The van der Waals surface area contributed by atoms with Crippen molar-refractivity contribution in [2.24, 2.45) is 0 Å². The molecular weight excluding hydrogens is 216 g/mol. The number of nitrogen functional groups attached to an aromatic ring is 1. The highest BCUT2D eigenvalue weighted by Crippen LogP contribution is 2.31. The molecule has 94 valence electrons. The van der Waals surface area contributed by atoms with E-state index in [4.69, 9.17) is 15.2 Å². The summed E-state index contributed by atoms with van der Waals surface area (Å²) >= 11 is 0. The normalized spacial score (nSPS) is 14.1. The van der Waals surface area contributed by atoms with Gasteiger partial charge in [0.1, 0.15) is 0 Å². The van der Waals surface area contributed by atoms with E-state index in [0.717, 1.165) is 31.8 Å². The first-order valence-corrected chi connectivity index (χ1v) is 6.02. The maximum atomic E-state index is 5.95. The fourth-order valence-corrected chi connectivity index (χ4v) is 2.18. The van der Waals surface area contributed by atoms with Crippen LogP contribution in [-0.2, 0) is 15.9 Å². The SMILES string of the molecule is COCCOCCN1CCc2c(N)cccc21. The molecule has 0 fully saturated rings. The molecule has 0 spiro atoms. The van der Waals surface area contributed by atoms with Gasteiger partial charge in [0.15, 0.2) is 0 Å². The molecular formula is C13H20N2O2. The molecule has 2 rings (SSSR count). The van der Waals surface area contributed by atoms with Crippen molar-refractivity contribution in [3.05, 3.63) is 23.8 Å². The molecule has 0 amide bonds. The summed E-state index contributed by atoms with van der Waals surface area (Å²) in [4.78, 5) is 2.33. The lowest BCUT2D eigenvalue weighted by molar-refractivity contribution is 0.0742. The second-order valence-corrected chi connectivity index (χ2v) is 4.19. The first-order valence-electron chi connectivity index (χ1n) is 6.02. The van der Waals surface area contributed by atoms with Gasteiger partial charge < -0.3 is 20.1 Å². The number of fused-ring (bicyclic) bond motifs is 1. The van der Waals surface area contributed by atoms with Crippen molar-refractivity contribution in [3.63, 3.8) is 0 Å². The van der Waals surface area contributed by atoms with Gasteiger partial charge in [-0.15, -0.1) is 0 Å². The molecule has 0 atom stereocenters. The lowest BCUT2D eigenvalue weighted by Gasteiger charge is -2.19. The summed E-state index contributed by atoms with van der Waals surface area (Å²) in [7, 11) is 1.68. The molecule has 17 heavy (non-hydrogen) atoms. The van der Waals surface area contributed by atoms with Crippen LogP contribution in [0.2, 0.25) is 0 Å². The van der Waals surface area contributed by atoms with Crippen LogP contribution in [0.5, 0.6) is 0 Å². The Bertz CT molecular complexity index is 368. The zero-order valence-electron chi connectivity index (χ0n) is 10.3. The number of methoxy groups -OCH3 is 1. The maximum absolute atomic E-state index is 5.95. The van der Waals surface area contributed by atoms with Gasteiger partial charge in [0, 0.05) is 37.1 Å². The van der Waals surface area contributed by atoms with Crippen molar-refractivity contribution >= 4 is 11.4 Å². The van der Waals surface area contributed by atoms with Gasteiger partial charge >= 0.3 is 0 Å². The quantitative estimate of drug-likeness (QED) is 0.597. The third-order valence-electron chi connectivity index (χ3n) is 3.10. The molecule has 1 aliphatic rings. The highest BCUT2D eigenvalue weighted by atomic mass is 16.5. The van der Waals surface area contributed by atoms with Gasteiger partial charge in [0.25, 0.3) is 0 Å². The number of ether oxygens (including phenoxy) is 2. The van der Waals surface area contributed by atoms with E-state index in [1.54, 1.807) is 7.11 Å². The largest absolute Gasteiger partial charge is 0.398 e. The summed E-state index contributed by atoms with van der Waals surface area (Å²) in [5.41, 5.74) is 9.41. The van der Waals surface area contributed by atoms with Crippen molar-refractivity contribution in [3.8, 4) is 0 Å². The van der Waals surface area contributed by atoms with Gasteiger partial charge in [0.05, 0.1) is 19.8 Å². The Morgan fingerprint density at radius 3 is 3.00 bits per heavy atom. The summed E-state index contributed by atoms with van der Waals surface area (Å²) < 4.78 is 10.4. The highest BCUT2D eigenvalue weighted by Gasteiger charge is 2.19. The Hall–Kier alpha value is -1.26. The van der Waals surface area contributed by atoms with Crippen LogP contribution in [0.1, 0.15) is 5.56 Å². The van der Waals surface area contributed by atoms with E-state index in [1.165, 1.54) is 11.3 Å². The lowest BCUT2D eigenvalue weighted by atomic mass is 10.1. The van der Waals surface area contributed by atoms with E-state index in [2.05, 4.69) is 11.0 Å². The lowest BCUT2D eigenvalue weighted by Crippen LogP contribution is -2.25. The fraction of sp³-hybridized carbons (Fsp3) is 0.538. The number of rotatable bonds is 6. The molecule has 0 aliphatic carbocycles. The summed E-state index contributed by atoms with van der Waals surface area (Å²) in [6.07, 6.45) is 1.04. The minimum Gasteiger partial charge on any atom is -0.398 e. The summed E-state index contributed by atoms with van der Waals surface area (Å²) in [6.45, 7) is 4.01. The van der Waals surface area contributed by atoms with Crippen LogP contribution in [0.4, 0.5) is 11.4 Å². The Kier molecular flexibility index (Phi) is 4.23. The van der Waals surface area contributed by atoms with Crippen molar-refractivity contribution in [2.45, 2.75) is 6.42 Å². The predicted octanol–water partition coefficient (Wildman–Crippen LogP) is 1.29. The Morgan fingerprint density at radius 1 is 1.29 bits per heavy atom. The number of hydrogen-bond donors (Lipinski definition) is 1. The first-order chi connectivity index (χ1) is 8.33. The molecule has 1 aliphatic heterocycles. The molecule has 1 heterocycles. The van der Waals surface area contributed by atoms with E-state index in [0.29, 0.717) is 13.2 Å². The number of nitrogens with two attached hydrogens (primary N) is 1. The molecule has 0 bridgehead atoms. The van der Waals surface area contributed by atoms with Crippen molar-refractivity contribution in [1.82, 2.24) is 0 Å². The summed E-state index contributed by atoms with van der Waals surface area (Å²) in [6, 6.07) is 6.11. The van der Waals surface area contributed by atoms with Crippen LogP contribution in [0.15, 0.2) is 18.2 Å². The molecule has 4 heteroatoms. The third kappa shape index (κ3) is 2.90. The van der Waals surface area contributed by atoms with Crippen molar-refractivity contribution in [1.29, 1.82) is 0 Å². The molecule has 1 aromatic rings. The second-order valence-electron chi connectivity index (χ2n) is 4.19. The summed E-state index contributed by atoms with van der Waals surface area (Å²) in [5, 5.41) is 0. The molecule has 4 nitrogen and oxygen atoms in total. The number of benzene rings is 1. The van der Waals surface area contributed by atoms with Gasteiger partial charge in [-0.1, -0.05) is 6.07 Å².